The van der Waals surface area contributed by atoms with Crippen molar-refractivity contribution < 1.29 is 28.2 Å². The van der Waals surface area contributed by atoms with Crippen LogP contribution in [0.1, 0.15) is 11.1 Å². The number of phenolic OH excluding ortho intramolecular Hbond substituents is 2. The zero-order valence-corrected chi connectivity index (χ0v) is 12.8. The zero-order valence-electron chi connectivity index (χ0n) is 12.0. The largest absolute Gasteiger partial charge is 0.508 e. The number of phenols is 2. The molecule has 2 N–H and O–H groups in total. The van der Waals surface area contributed by atoms with E-state index < -0.39 is 9.84 Å². The van der Waals surface area contributed by atoms with Crippen LogP contribution in [0.15, 0.2) is 46.2 Å². The summed E-state index contributed by atoms with van der Waals surface area (Å²) in [5.74, 6) is -0.620. The maximum atomic E-state index is 12.9. The SMILES string of the molecule is O=CCc1c(O)cccc1S(=O)(=O)c1cccc(O)c1CC=O. The van der Waals surface area contributed by atoms with E-state index in [1.54, 1.807) is 0 Å². The molecule has 0 atom stereocenters. The van der Waals surface area contributed by atoms with E-state index in [4.69, 9.17) is 0 Å². The Balaban J connectivity index is 2.74. The van der Waals surface area contributed by atoms with Crippen molar-refractivity contribution in [3.8, 4) is 11.5 Å². The summed E-state index contributed by atoms with van der Waals surface area (Å²) in [4.78, 5) is 21.1. The monoisotopic (exact) mass is 334 g/mol. The number of carbonyl (C=O) groups excluding carboxylic acids is 2. The Kier molecular flexibility index (Phi) is 4.80. The third-order valence-electron chi connectivity index (χ3n) is 3.37. The van der Waals surface area contributed by atoms with Gasteiger partial charge in [0.2, 0.25) is 9.84 Å². The third kappa shape index (κ3) is 3.09. The van der Waals surface area contributed by atoms with Gasteiger partial charge in [-0.2, -0.15) is 0 Å². The van der Waals surface area contributed by atoms with Crippen LogP contribution in [0.25, 0.3) is 0 Å². The van der Waals surface area contributed by atoms with Gasteiger partial charge in [-0.25, -0.2) is 8.42 Å². The number of sulfone groups is 1. The summed E-state index contributed by atoms with van der Waals surface area (Å²) < 4.78 is 25.8. The average molecular weight is 334 g/mol. The Labute approximate surface area is 132 Å². The molecule has 0 aliphatic heterocycles. The molecule has 0 saturated carbocycles. The van der Waals surface area contributed by atoms with Crippen LogP contribution >= 0.6 is 0 Å². The number of aldehydes is 2. The van der Waals surface area contributed by atoms with Crippen molar-refractivity contribution in [3.05, 3.63) is 47.5 Å². The van der Waals surface area contributed by atoms with Gasteiger partial charge in [0.1, 0.15) is 24.1 Å². The number of rotatable bonds is 6. The van der Waals surface area contributed by atoms with E-state index in [9.17, 15) is 28.2 Å². The first-order chi connectivity index (χ1) is 10.9. The van der Waals surface area contributed by atoms with Gasteiger partial charge in [0.25, 0.3) is 0 Å². The van der Waals surface area contributed by atoms with Gasteiger partial charge in [-0.1, -0.05) is 12.1 Å². The molecule has 0 aromatic heterocycles. The van der Waals surface area contributed by atoms with Crippen LogP contribution < -0.4 is 0 Å². The summed E-state index contributed by atoms with van der Waals surface area (Å²) in [6.07, 6.45) is 0.428. The molecule has 0 fully saturated rings. The Morgan fingerprint density at radius 3 is 1.52 bits per heavy atom. The lowest BCUT2D eigenvalue weighted by Crippen LogP contribution is -2.09. The fourth-order valence-electron chi connectivity index (χ4n) is 2.31. The van der Waals surface area contributed by atoms with Crippen LogP contribution in [0.5, 0.6) is 11.5 Å². The van der Waals surface area contributed by atoms with E-state index in [0.717, 1.165) is 0 Å². The Hall–Kier alpha value is -2.67. The molecule has 2 rings (SSSR count). The topological polar surface area (TPSA) is 109 Å². The summed E-state index contributed by atoms with van der Waals surface area (Å²) in [7, 11) is -4.13. The number of hydrogen-bond acceptors (Lipinski definition) is 6. The second kappa shape index (κ2) is 6.62. The molecule has 0 spiro atoms. The highest BCUT2D eigenvalue weighted by Crippen LogP contribution is 2.33. The number of carbonyl (C=O) groups is 2. The van der Waals surface area contributed by atoms with Gasteiger partial charge < -0.3 is 19.8 Å². The molecule has 0 bridgehead atoms. The van der Waals surface area contributed by atoms with Crippen LogP contribution in [-0.2, 0) is 32.3 Å². The quantitative estimate of drug-likeness (QED) is 0.773. The first kappa shape index (κ1) is 16.7. The molecule has 0 radical (unpaired) electrons. The van der Waals surface area contributed by atoms with E-state index in [1.165, 1.54) is 36.4 Å². The van der Waals surface area contributed by atoms with Crippen LogP contribution in [-0.4, -0.2) is 31.2 Å². The van der Waals surface area contributed by atoms with E-state index >= 15 is 0 Å². The number of hydrogen-bond donors (Lipinski definition) is 2. The van der Waals surface area contributed by atoms with Crippen molar-refractivity contribution in [3.63, 3.8) is 0 Å². The van der Waals surface area contributed by atoms with E-state index in [1.807, 2.05) is 0 Å². The average Bonchev–Trinajstić information content (AvgIpc) is 2.51. The summed E-state index contributed by atoms with van der Waals surface area (Å²) in [6.45, 7) is 0. The van der Waals surface area contributed by atoms with Crippen molar-refractivity contribution in [1.82, 2.24) is 0 Å². The van der Waals surface area contributed by atoms with Crippen molar-refractivity contribution >= 4 is 22.4 Å². The van der Waals surface area contributed by atoms with E-state index in [0.29, 0.717) is 12.6 Å². The summed E-state index contributed by atoms with van der Waals surface area (Å²) >= 11 is 0. The van der Waals surface area contributed by atoms with Gasteiger partial charge in [-0.15, -0.1) is 0 Å². The predicted octanol–water partition coefficient (Wildman–Crippen LogP) is 1.41. The lowest BCUT2D eigenvalue weighted by atomic mass is 10.1. The van der Waals surface area contributed by atoms with Crippen molar-refractivity contribution in [1.29, 1.82) is 0 Å². The molecular weight excluding hydrogens is 320 g/mol. The standard InChI is InChI=1S/C16H14O6S/c17-9-7-11-13(19)3-1-5-15(11)23(21,22)16-6-2-4-14(20)12(16)8-10-18/h1-6,9-10,19-20H,7-8H2. The first-order valence-electron chi connectivity index (χ1n) is 6.67. The molecule has 7 heteroatoms. The molecule has 0 unspecified atom stereocenters. The maximum absolute atomic E-state index is 12.9. The highest BCUT2D eigenvalue weighted by atomic mass is 32.2. The third-order valence-corrected chi connectivity index (χ3v) is 5.29. The summed E-state index contributed by atoms with van der Waals surface area (Å²) in [6, 6.07) is 7.79. The molecule has 0 aliphatic carbocycles. The zero-order chi connectivity index (χ0) is 17.0. The lowest BCUT2D eigenvalue weighted by Gasteiger charge is -2.13. The van der Waals surface area contributed by atoms with Crippen molar-refractivity contribution in [2.75, 3.05) is 0 Å². The molecule has 2 aromatic carbocycles. The van der Waals surface area contributed by atoms with Gasteiger partial charge in [0, 0.05) is 24.0 Å². The molecule has 6 nitrogen and oxygen atoms in total. The number of benzene rings is 2. The molecule has 2 aromatic rings. The molecule has 0 saturated heterocycles. The molecule has 0 aliphatic rings. The minimum absolute atomic E-state index is 0.0251. The van der Waals surface area contributed by atoms with Gasteiger partial charge in [0.05, 0.1) is 9.79 Å². The Bertz CT molecular complexity index is 789. The van der Waals surface area contributed by atoms with Crippen LogP contribution in [0.2, 0.25) is 0 Å². The molecular formula is C16H14O6S. The summed E-state index contributed by atoms with van der Waals surface area (Å²) in [5, 5.41) is 19.7. The number of aromatic hydroxyl groups is 2. The lowest BCUT2D eigenvalue weighted by molar-refractivity contribution is -0.108. The second-order valence-corrected chi connectivity index (χ2v) is 6.64. The smallest absolute Gasteiger partial charge is 0.207 e. The van der Waals surface area contributed by atoms with E-state index in [2.05, 4.69) is 0 Å². The molecule has 0 heterocycles. The fraction of sp³-hybridized carbons (Fsp3) is 0.125. The van der Waals surface area contributed by atoms with Gasteiger partial charge in [-0.3, -0.25) is 0 Å². The summed E-state index contributed by atoms with van der Waals surface area (Å²) in [5.41, 5.74) is -0.0502. The van der Waals surface area contributed by atoms with Gasteiger partial charge >= 0.3 is 0 Å². The molecule has 23 heavy (non-hydrogen) atoms. The normalized spacial score (nSPS) is 11.1. The Morgan fingerprint density at radius 2 is 1.17 bits per heavy atom. The van der Waals surface area contributed by atoms with E-state index in [-0.39, 0.29) is 45.3 Å². The predicted molar refractivity (Wildman–Crippen MR) is 81.2 cm³/mol. The van der Waals surface area contributed by atoms with Gasteiger partial charge in [0.15, 0.2) is 0 Å². The first-order valence-corrected chi connectivity index (χ1v) is 8.16. The van der Waals surface area contributed by atoms with Crippen LogP contribution in [0.4, 0.5) is 0 Å². The van der Waals surface area contributed by atoms with Gasteiger partial charge in [-0.05, 0) is 24.3 Å². The maximum Gasteiger partial charge on any atom is 0.207 e. The second-order valence-electron chi connectivity index (χ2n) is 4.75. The highest BCUT2D eigenvalue weighted by Gasteiger charge is 2.26. The van der Waals surface area contributed by atoms with Crippen molar-refractivity contribution in [2.24, 2.45) is 0 Å². The van der Waals surface area contributed by atoms with Crippen LogP contribution in [0.3, 0.4) is 0 Å². The fourth-order valence-corrected chi connectivity index (χ4v) is 4.08. The van der Waals surface area contributed by atoms with Crippen molar-refractivity contribution in [2.45, 2.75) is 22.6 Å². The highest BCUT2D eigenvalue weighted by molar-refractivity contribution is 7.91. The van der Waals surface area contributed by atoms with Crippen LogP contribution in [0, 0.1) is 0 Å². The minimum atomic E-state index is -4.13. The Morgan fingerprint density at radius 1 is 0.783 bits per heavy atom. The molecule has 0 amide bonds. The minimum Gasteiger partial charge on any atom is -0.508 e. The molecule has 120 valence electrons.